The summed E-state index contributed by atoms with van der Waals surface area (Å²) >= 11 is 5.25. The Morgan fingerprint density at radius 3 is 2.42 bits per heavy atom. The van der Waals surface area contributed by atoms with Gasteiger partial charge in [0, 0.05) is 11.8 Å². The normalized spacial score (nSPS) is 11.7. The molecule has 0 spiro atoms. The summed E-state index contributed by atoms with van der Waals surface area (Å²) in [6.07, 6.45) is -4.47. The summed E-state index contributed by atoms with van der Waals surface area (Å²) in [5.74, 6) is 0. The molecule has 0 amide bonds. The largest absolute Gasteiger partial charge is 0.417 e. The second-order valence-electron chi connectivity index (χ2n) is 2.16. The van der Waals surface area contributed by atoms with Crippen molar-refractivity contribution in [2.24, 2.45) is 0 Å². The number of rotatable bonds is 0. The van der Waals surface area contributed by atoms with Gasteiger partial charge in [0.05, 0.1) is 10.6 Å². The van der Waals surface area contributed by atoms with Gasteiger partial charge in [0.1, 0.15) is 0 Å². The van der Waals surface area contributed by atoms with E-state index in [1.807, 2.05) is 0 Å². The summed E-state index contributed by atoms with van der Waals surface area (Å²) in [5.41, 5.74) is 4.17. The Labute approximate surface area is 71.9 Å². The monoisotopic (exact) mass is 194 g/mol. The van der Waals surface area contributed by atoms with Gasteiger partial charge in [0.25, 0.3) is 0 Å². The summed E-state index contributed by atoms with van der Waals surface area (Å²) in [6, 6.07) is 4.16. The molecular weight excluding hydrogens is 191 g/mol. The van der Waals surface area contributed by atoms with Crippen molar-refractivity contribution < 1.29 is 13.2 Å². The van der Waals surface area contributed by atoms with Crippen LogP contribution in [0.5, 0.6) is 0 Å². The third-order valence-electron chi connectivity index (χ3n) is 1.22. The van der Waals surface area contributed by atoms with Gasteiger partial charge in [-0.25, -0.2) is 0 Å². The molecule has 0 fully saturated rings. The maximum atomic E-state index is 12.1. The van der Waals surface area contributed by atoms with E-state index in [9.17, 15) is 13.2 Å². The van der Waals surface area contributed by atoms with Crippen LogP contribution in [0.3, 0.4) is 0 Å². The van der Waals surface area contributed by atoms with Crippen LogP contribution in [0.2, 0.25) is 5.02 Å². The smallest absolute Gasteiger partial charge is 0.399 e. The van der Waals surface area contributed by atoms with E-state index >= 15 is 0 Å². The lowest BCUT2D eigenvalue weighted by molar-refractivity contribution is -0.137. The highest BCUT2D eigenvalue weighted by atomic mass is 35.5. The molecule has 0 atom stereocenters. The topological polar surface area (TPSA) is 26.0 Å². The van der Waals surface area contributed by atoms with Crippen LogP contribution in [-0.2, 0) is 6.18 Å². The van der Waals surface area contributed by atoms with Crippen LogP contribution in [0.15, 0.2) is 12.1 Å². The van der Waals surface area contributed by atoms with Gasteiger partial charge in [0.2, 0.25) is 0 Å². The molecular formula is C7H4ClF3N. The van der Waals surface area contributed by atoms with Gasteiger partial charge < -0.3 is 5.73 Å². The lowest BCUT2D eigenvalue weighted by Gasteiger charge is -2.08. The molecule has 0 bridgehead atoms. The predicted octanol–water partition coefficient (Wildman–Crippen LogP) is 2.74. The van der Waals surface area contributed by atoms with E-state index in [4.69, 9.17) is 17.3 Å². The van der Waals surface area contributed by atoms with E-state index in [-0.39, 0.29) is 5.69 Å². The predicted molar refractivity (Wildman–Crippen MR) is 39.7 cm³/mol. The number of hydrogen-bond donors (Lipinski definition) is 1. The number of nitrogens with two attached hydrogens (primary N) is 1. The average molecular weight is 195 g/mol. The number of hydrogen-bond acceptors (Lipinski definition) is 1. The van der Waals surface area contributed by atoms with Gasteiger partial charge in [-0.15, -0.1) is 0 Å². The number of alkyl halides is 3. The Morgan fingerprint density at radius 2 is 2.00 bits per heavy atom. The molecule has 0 saturated heterocycles. The minimum atomic E-state index is -4.47. The molecule has 0 saturated carbocycles. The van der Waals surface area contributed by atoms with E-state index in [2.05, 4.69) is 6.07 Å². The molecule has 0 unspecified atom stereocenters. The molecule has 2 N–H and O–H groups in total. The van der Waals surface area contributed by atoms with Crippen molar-refractivity contribution in [3.63, 3.8) is 0 Å². The van der Waals surface area contributed by atoms with E-state index < -0.39 is 16.8 Å². The Balaban J connectivity index is 3.23. The minimum Gasteiger partial charge on any atom is -0.399 e. The molecule has 1 rings (SSSR count). The molecule has 5 heteroatoms. The third-order valence-corrected chi connectivity index (χ3v) is 1.53. The molecule has 0 aliphatic rings. The molecule has 0 aliphatic heterocycles. The lowest BCUT2D eigenvalue weighted by atomic mass is 10.2. The van der Waals surface area contributed by atoms with E-state index in [0.717, 1.165) is 6.07 Å². The second kappa shape index (κ2) is 2.86. The lowest BCUT2D eigenvalue weighted by Crippen LogP contribution is -2.06. The van der Waals surface area contributed by atoms with E-state index in [1.54, 1.807) is 0 Å². The molecule has 65 valence electrons. The van der Waals surface area contributed by atoms with Crippen molar-refractivity contribution in [1.82, 2.24) is 0 Å². The molecule has 1 aromatic rings. The van der Waals surface area contributed by atoms with Gasteiger partial charge in [-0.3, -0.25) is 0 Å². The van der Waals surface area contributed by atoms with E-state index in [0.29, 0.717) is 0 Å². The second-order valence-corrected chi connectivity index (χ2v) is 2.54. The quantitative estimate of drug-likeness (QED) is 0.632. The highest BCUT2D eigenvalue weighted by Crippen LogP contribution is 2.35. The van der Waals surface area contributed by atoms with Gasteiger partial charge in [-0.1, -0.05) is 11.6 Å². The van der Waals surface area contributed by atoms with Gasteiger partial charge in [0.15, 0.2) is 0 Å². The molecule has 1 aromatic carbocycles. The first-order chi connectivity index (χ1) is 5.41. The van der Waals surface area contributed by atoms with Crippen molar-refractivity contribution in [3.05, 3.63) is 28.8 Å². The van der Waals surface area contributed by atoms with Crippen LogP contribution >= 0.6 is 11.6 Å². The van der Waals surface area contributed by atoms with Crippen LogP contribution in [0, 0.1) is 6.07 Å². The Hall–Kier alpha value is -0.900. The number of benzene rings is 1. The fourth-order valence-corrected chi connectivity index (χ4v) is 0.919. The van der Waals surface area contributed by atoms with Gasteiger partial charge in [-0.2, -0.15) is 13.2 Å². The zero-order valence-corrected chi connectivity index (χ0v) is 6.50. The molecule has 0 aliphatic carbocycles. The van der Waals surface area contributed by atoms with Crippen molar-refractivity contribution in [1.29, 1.82) is 0 Å². The Kier molecular flexibility index (Phi) is 2.19. The van der Waals surface area contributed by atoms with Crippen LogP contribution in [0.4, 0.5) is 18.9 Å². The highest BCUT2D eigenvalue weighted by Gasteiger charge is 2.33. The first kappa shape index (κ1) is 9.19. The third kappa shape index (κ3) is 1.82. The summed E-state index contributed by atoms with van der Waals surface area (Å²) in [4.78, 5) is 0. The zero-order chi connectivity index (χ0) is 9.35. The summed E-state index contributed by atoms with van der Waals surface area (Å²) < 4.78 is 36.2. The summed E-state index contributed by atoms with van der Waals surface area (Å²) in [5, 5.41) is -0.461. The van der Waals surface area contributed by atoms with Crippen molar-refractivity contribution >= 4 is 17.3 Å². The van der Waals surface area contributed by atoms with E-state index in [1.165, 1.54) is 6.07 Å². The molecule has 0 heterocycles. The average Bonchev–Trinajstić information content (AvgIpc) is 1.92. The summed E-state index contributed by atoms with van der Waals surface area (Å²) in [7, 11) is 0. The molecule has 0 aromatic heterocycles. The first-order valence-electron chi connectivity index (χ1n) is 2.95. The van der Waals surface area contributed by atoms with Crippen LogP contribution < -0.4 is 5.73 Å². The Bertz CT molecular complexity index is 295. The SMILES string of the molecule is Nc1c[c]c(Cl)c(C(F)(F)F)c1. The van der Waals surface area contributed by atoms with Crippen molar-refractivity contribution in [2.75, 3.05) is 5.73 Å². The molecule has 1 nitrogen and oxygen atoms in total. The maximum absolute atomic E-state index is 12.1. The number of halogens is 4. The van der Waals surface area contributed by atoms with Crippen molar-refractivity contribution in [3.8, 4) is 0 Å². The fraction of sp³-hybridized carbons (Fsp3) is 0.143. The standard InChI is InChI=1S/C7H4ClF3N/c8-6-2-1-4(12)3-5(6)7(9,10)11/h1,3H,12H2. The number of nitrogen functional groups attached to an aromatic ring is 1. The first-order valence-corrected chi connectivity index (χ1v) is 3.33. The van der Waals surface area contributed by atoms with Gasteiger partial charge in [-0.05, 0) is 12.1 Å². The highest BCUT2D eigenvalue weighted by molar-refractivity contribution is 6.31. The van der Waals surface area contributed by atoms with Crippen LogP contribution in [0.25, 0.3) is 0 Å². The van der Waals surface area contributed by atoms with Crippen molar-refractivity contribution in [2.45, 2.75) is 6.18 Å². The van der Waals surface area contributed by atoms with Gasteiger partial charge >= 0.3 is 6.18 Å². The zero-order valence-electron chi connectivity index (χ0n) is 5.74. The summed E-state index contributed by atoms with van der Waals surface area (Å²) in [6.45, 7) is 0. The minimum absolute atomic E-state index is 0.00766. The fourth-order valence-electron chi connectivity index (χ4n) is 0.702. The van der Waals surface area contributed by atoms with Crippen LogP contribution in [0.1, 0.15) is 5.56 Å². The Morgan fingerprint density at radius 1 is 1.42 bits per heavy atom. The molecule has 12 heavy (non-hydrogen) atoms. The molecule has 1 radical (unpaired) electrons. The van der Waals surface area contributed by atoms with Crippen LogP contribution in [-0.4, -0.2) is 0 Å². The number of anilines is 1. The maximum Gasteiger partial charge on any atom is 0.417 e.